The van der Waals surface area contributed by atoms with Crippen LogP contribution in [0.4, 0.5) is 13.2 Å². The van der Waals surface area contributed by atoms with Crippen LogP contribution in [0.5, 0.6) is 0 Å². The van der Waals surface area contributed by atoms with Gasteiger partial charge in [0, 0.05) is 0 Å². The Morgan fingerprint density at radius 3 is 2.69 bits per heavy atom. The molecule has 0 N–H and O–H groups in total. The van der Waals surface area contributed by atoms with Crippen molar-refractivity contribution in [3.8, 4) is 0 Å². The Hall–Kier alpha value is -1.00. The van der Waals surface area contributed by atoms with E-state index in [9.17, 15) is 13.2 Å². The van der Waals surface area contributed by atoms with Gasteiger partial charge in [-0.3, -0.25) is 4.99 Å². The lowest BCUT2D eigenvalue weighted by Crippen LogP contribution is -2.21. The molecule has 0 amide bonds. The Labute approximate surface area is 93.2 Å². The van der Waals surface area contributed by atoms with E-state index in [2.05, 4.69) is 23.6 Å². The topological polar surface area (TPSA) is 21.6 Å². The van der Waals surface area contributed by atoms with Crippen LogP contribution in [-0.2, 0) is 4.74 Å². The molecule has 0 bridgehead atoms. The van der Waals surface area contributed by atoms with E-state index < -0.39 is 12.8 Å². The van der Waals surface area contributed by atoms with E-state index in [4.69, 9.17) is 0 Å². The summed E-state index contributed by atoms with van der Waals surface area (Å²) < 4.78 is 40.2. The summed E-state index contributed by atoms with van der Waals surface area (Å²) in [6.45, 7) is 2.90. The number of hydrogen-bond acceptors (Lipinski definition) is 2. The third-order valence-corrected chi connectivity index (χ3v) is 2.66. The molecule has 1 aliphatic heterocycles. The van der Waals surface area contributed by atoms with Gasteiger partial charge in [-0.15, -0.1) is 0 Å². The van der Waals surface area contributed by atoms with Gasteiger partial charge in [0.05, 0.1) is 12.3 Å². The quantitative estimate of drug-likeness (QED) is 0.732. The summed E-state index contributed by atoms with van der Waals surface area (Å²) in [5, 5.41) is 0. The molecule has 0 aromatic rings. The van der Waals surface area contributed by atoms with Gasteiger partial charge in [-0.25, -0.2) is 0 Å². The van der Waals surface area contributed by atoms with Gasteiger partial charge in [0.1, 0.15) is 5.76 Å². The maximum atomic E-state index is 11.9. The predicted octanol–water partition coefficient (Wildman–Crippen LogP) is 3.34. The fraction of sp³-hybridized carbons (Fsp3) is 0.727. The Balaban J connectivity index is 2.40. The number of allylic oxidation sites excluding steroid dienone is 1. The molecule has 2 atom stereocenters. The molecule has 0 fully saturated rings. The normalized spacial score (nSPS) is 22.8. The van der Waals surface area contributed by atoms with Crippen molar-refractivity contribution in [1.82, 2.24) is 0 Å². The van der Waals surface area contributed by atoms with Crippen LogP contribution in [0.15, 0.2) is 16.8 Å². The monoisotopic (exact) mass is 235 g/mol. The molecule has 0 saturated carbocycles. The Kier molecular flexibility index (Phi) is 4.38. The van der Waals surface area contributed by atoms with Gasteiger partial charge in [-0.05, 0) is 18.4 Å². The van der Waals surface area contributed by atoms with Crippen LogP contribution < -0.4 is 0 Å². The first kappa shape index (κ1) is 13.1. The van der Waals surface area contributed by atoms with E-state index in [1.807, 2.05) is 0 Å². The highest BCUT2D eigenvalue weighted by atomic mass is 19.4. The molecule has 0 aromatic heterocycles. The second-order valence-corrected chi connectivity index (χ2v) is 3.98. The molecule has 1 rings (SSSR count). The molecule has 1 heterocycles. The van der Waals surface area contributed by atoms with Crippen molar-refractivity contribution in [2.24, 2.45) is 10.9 Å². The molecule has 1 aliphatic rings. The zero-order valence-corrected chi connectivity index (χ0v) is 9.42. The van der Waals surface area contributed by atoms with Crippen molar-refractivity contribution in [3.05, 3.63) is 11.8 Å². The minimum Gasteiger partial charge on any atom is -0.483 e. The fourth-order valence-electron chi connectivity index (χ4n) is 1.43. The van der Waals surface area contributed by atoms with Gasteiger partial charge in [0.2, 0.25) is 0 Å². The van der Waals surface area contributed by atoms with E-state index in [1.54, 1.807) is 6.08 Å². The molecule has 0 radical (unpaired) electrons. The van der Waals surface area contributed by atoms with Crippen LogP contribution in [0.3, 0.4) is 0 Å². The first-order valence-corrected chi connectivity index (χ1v) is 5.35. The minimum atomic E-state index is -4.29. The summed E-state index contributed by atoms with van der Waals surface area (Å²) >= 11 is 0. The average molecular weight is 235 g/mol. The molecule has 2 unspecified atom stereocenters. The highest BCUT2D eigenvalue weighted by molar-refractivity contribution is 5.77. The zero-order chi connectivity index (χ0) is 12.2. The second kappa shape index (κ2) is 5.37. The van der Waals surface area contributed by atoms with Crippen LogP contribution in [-0.4, -0.2) is 25.0 Å². The van der Waals surface area contributed by atoms with Crippen LogP contribution in [0.25, 0.3) is 0 Å². The Morgan fingerprint density at radius 2 is 2.25 bits per heavy atom. The Morgan fingerprint density at radius 1 is 1.56 bits per heavy atom. The highest BCUT2D eigenvalue weighted by Gasteiger charge is 2.29. The molecular formula is C11H16F3NO. The van der Waals surface area contributed by atoms with Crippen LogP contribution in [0.2, 0.25) is 0 Å². The largest absolute Gasteiger partial charge is 0.483 e. The summed E-state index contributed by atoms with van der Waals surface area (Å²) in [6, 6.07) is 0.170. The average Bonchev–Trinajstić information content (AvgIpc) is 2.25. The highest BCUT2D eigenvalue weighted by Crippen LogP contribution is 2.21. The summed E-state index contributed by atoms with van der Waals surface area (Å²) in [7, 11) is 0. The minimum absolute atomic E-state index is 0.170. The SMILES string of the molecule is CCC(C)C1CC=C(OCC(F)(F)F)C=N1. The lowest BCUT2D eigenvalue weighted by atomic mass is 9.95. The number of aliphatic imine (C=N–C) groups is 1. The summed E-state index contributed by atoms with van der Waals surface area (Å²) in [4.78, 5) is 4.20. The predicted molar refractivity (Wildman–Crippen MR) is 56.4 cm³/mol. The number of nitrogens with zero attached hydrogens (tertiary/aromatic N) is 1. The van der Waals surface area contributed by atoms with Crippen molar-refractivity contribution in [3.63, 3.8) is 0 Å². The van der Waals surface area contributed by atoms with Gasteiger partial charge in [-0.2, -0.15) is 13.2 Å². The lowest BCUT2D eigenvalue weighted by molar-refractivity contribution is -0.163. The number of dihydropyridines is 1. The number of rotatable bonds is 4. The third kappa shape index (κ3) is 4.24. The molecule has 2 nitrogen and oxygen atoms in total. The number of alkyl halides is 3. The van der Waals surface area contributed by atoms with E-state index in [0.29, 0.717) is 12.3 Å². The molecule has 92 valence electrons. The molecule has 0 aliphatic carbocycles. The van der Waals surface area contributed by atoms with Crippen molar-refractivity contribution < 1.29 is 17.9 Å². The molecule has 0 aromatic carbocycles. The summed E-state index contributed by atoms with van der Waals surface area (Å²) in [5.74, 6) is 0.661. The maximum Gasteiger partial charge on any atom is 0.422 e. The van der Waals surface area contributed by atoms with E-state index in [-0.39, 0.29) is 11.8 Å². The van der Waals surface area contributed by atoms with Crippen LogP contribution >= 0.6 is 0 Å². The standard InChI is InChI=1S/C11H16F3NO/c1-3-8(2)10-5-4-9(6-15-10)16-7-11(12,13)14/h4,6,8,10H,3,5,7H2,1-2H3. The number of halogens is 3. The molecule has 16 heavy (non-hydrogen) atoms. The van der Waals surface area contributed by atoms with Crippen molar-refractivity contribution >= 4 is 6.21 Å². The summed E-state index contributed by atoms with van der Waals surface area (Å²) in [6.07, 6.45) is 0.442. The smallest absolute Gasteiger partial charge is 0.422 e. The van der Waals surface area contributed by atoms with Gasteiger partial charge >= 0.3 is 6.18 Å². The third-order valence-electron chi connectivity index (χ3n) is 2.66. The van der Waals surface area contributed by atoms with Crippen molar-refractivity contribution in [2.45, 2.75) is 38.9 Å². The van der Waals surface area contributed by atoms with Gasteiger partial charge in [0.25, 0.3) is 0 Å². The Bertz CT molecular complexity index is 283. The number of ether oxygens (including phenoxy) is 1. The molecular weight excluding hydrogens is 219 g/mol. The van der Waals surface area contributed by atoms with E-state index in [1.165, 1.54) is 6.21 Å². The van der Waals surface area contributed by atoms with Crippen molar-refractivity contribution in [2.75, 3.05) is 6.61 Å². The van der Waals surface area contributed by atoms with Crippen LogP contribution in [0.1, 0.15) is 26.7 Å². The van der Waals surface area contributed by atoms with Crippen molar-refractivity contribution in [1.29, 1.82) is 0 Å². The number of hydrogen-bond donors (Lipinski definition) is 0. The lowest BCUT2D eigenvalue weighted by Gasteiger charge is -2.21. The first-order valence-electron chi connectivity index (χ1n) is 5.35. The molecule has 5 heteroatoms. The zero-order valence-electron chi connectivity index (χ0n) is 9.42. The molecule has 0 saturated heterocycles. The van der Waals surface area contributed by atoms with Gasteiger partial charge < -0.3 is 4.74 Å². The molecule has 0 spiro atoms. The van der Waals surface area contributed by atoms with Gasteiger partial charge in [-0.1, -0.05) is 20.3 Å². The first-order chi connectivity index (χ1) is 7.42. The fourth-order valence-corrected chi connectivity index (χ4v) is 1.43. The van der Waals surface area contributed by atoms with Gasteiger partial charge in [0.15, 0.2) is 6.61 Å². The van der Waals surface area contributed by atoms with E-state index >= 15 is 0 Å². The summed E-state index contributed by atoms with van der Waals surface area (Å²) in [5.41, 5.74) is 0. The van der Waals surface area contributed by atoms with Crippen LogP contribution in [0, 0.1) is 5.92 Å². The maximum absolute atomic E-state index is 11.9. The second-order valence-electron chi connectivity index (χ2n) is 3.98. The van der Waals surface area contributed by atoms with E-state index in [0.717, 1.165) is 6.42 Å².